The zero-order valence-electron chi connectivity index (χ0n) is 9.24. The molecule has 0 bridgehead atoms. The number of alkyl halides is 1. The fourth-order valence-electron chi connectivity index (χ4n) is 1.53. The first-order chi connectivity index (χ1) is 7.75. The molecule has 1 heterocycles. The Balaban J connectivity index is 1.89. The molecule has 0 aliphatic heterocycles. The highest BCUT2D eigenvalue weighted by atomic mass is 35.5. The molecule has 3 nitrogen and oxygen atoms in total. The summed E-state index contributed by atoms with van der Waals surface area (Å²) in [5.41, 5.74) is 1.70. The number of anilines is 1. The third-order valence-corrected chi connectivity index (χ3v) is 2.57. The van der Waals surface area contributed by atoms with Gasteiger partial charge in [0.1, 0.15) is 5.52 Å². The Morgan fingerprint density at radius 2 is 2.25 bits per heavy atom. The SMILES string of the molecule is CC(Cl)CCCNc1nc2ccccc2o1. The first kappa shape index (κ1) is 11.3. The highest BCUT2D eigenvalue weighted by molar-refractivity contribution is 6.20. The molecule has 0 spiro atoms. The van der Waals surface area contributed by atoms with E-state index in [1.807, 2.05) is 31.2 Å². The Bertz CT molecular complexity index is 420. The van der Waals surface area contributed by atoms with Gasteiger partial charge in [-0.2, -0.15) is 4.98 Å². The van der Waals surface area contributed by atoms with Crippen LogP contribution in [0.1, 0.15) is 19.8 Å². The second-order valence-corrected chi connectivity index (χ2v) is 4.58. The van der Waals surface area contributed by atoms with E-state index < -0.39 is 0 Å². The Hall–Kier alpha value is -1.22. The predicted octanol–water partition coefficient (Wildman–Crippen LogP) is 3.65. The standard InChI is InChI=1S/C12H15ClN2O/c1-9(13)5-4-8-14-12-15-10-6-2-3-7-11(10)16-12/h2-3,6-7,9H,4-5,8H2,1H3,(H,14,15). The summed E-state index contributed by atoms with van der Waals surface area (Å²) >= 11 is 5.86. The van der Waals surface area contributed by atoms with Crippen molar-refractivity contribution in [3.8, 4) is 0 Å². The lowest BCUT2D eigenvalue weighted by Gasteiger charge is -2.02. The molecule has 16 heavy (non-hydrogen) atoms. The predicted molar refractivity (Wildman–Crippen MR) is 67.0 cm³/mol. The maximum Gasteiger partial charge on any atom is 0.295 e. The Morgan fingerprint density at radius 3 is 3.00 bits per heavy atom. The molecule has 0 amide bonds. The smallest absolute Gasteiger partial charge is 0.295 e. The summed E-state index contributed by atoms with van der Waals surface area (Å²) in [6, 6.07) is 8.32. The molecule has 1 unspecified atom stereocenters. The molecule has 0 saturated heterocycles. The number of oxazole rings is 1. The molecular formula is C12H15ClN2O. The normalized spacial score (nSPS) is 12.9. The molecule has 0 radical (unpaired) electrons. The number of hydrogen-bond acceptors (Lipinski definition) is 3. The van der Waals surface area contributed by atoms with Gasteiger partial charge in [-0.1, -0.05) is 12.1 Å². The second-order valence-electron chi connectivity index (χ2n) is 3.84. The van der Waals surface area contributed by atoms with Crippen LogP contribution >= 0.6 is 11.6 Å². The number of nitrogens with zero attached hydrogens (tertiary/aromatic N) is 1. The highest BCUT2D eigenvalue weighted by Gasteiger charge is 2.03. The van der Waals surface area contributed by atoms with Crippen LogP contribution in [0.2, 0.25) is 0 Å². The quantitative estimate of drug-likeness (QED) is 0.638. The zero-order chi connectivity index (χ0) is 11.4. The Kier molecular flexibility index (Phi) is 3.67. The van der Waals surface area contributed by atoms with Crippen LogP contribution in [0.4, 0.5) is 6.01 Å². The number of rotatable bonds is 5. The summed E-state index contributed by atoms with van der Waals surface area (Å²) < 4.78 is 5.52. The molecule has 0 aliphatic rings. The van der Waals surface area contributed by atoms with Gasteiger partial charge >= 0.3 is 0 Å². The van der Waals surface area contributed by atoms with Crippen LogP contribution < -0.4 is 5.32 Å². The first-order valence-corrected chi connectivity index (χ1v) is 5.93. The Morgan fingerprint density at radius 1 is 1.44 bits per heavy atom. The maximum absolute atomic E-state index is 5.86. The lowest BCUT2D eigenvalue weighted by Crippen LogP contribution is -2.03. The molecule has 86 valence electrons. The van der Waals surface area contributed by atoms with Crippen LogP contribution in [0.5, 0.6) is 0 Å². The number of para-hydroxylation sites is 2. The topological polar surface area (TPSA) is 38.1 Å². The summed E-state index contributed by atoms with van der Waals surface area (Å²) in [7, 11) is 0. The van der Waals surface area contributed by atoms with Gasteiger partial charge in [-0.15, -0.1) is 11.6 Å². The number of halogens is 1. The third-order valence-electron chi connectivity index (χ3n) is 2.35. The van der Waals surface area contributed by atoms with Crippen molar-refractivity contribution in [2.75, 3.05) is 11.9 Å². The number of hydrogen-bond donors (Lipinski definition) is 1. The van der Waals surface area contributed by atoms with Gasteiger partial charge in [0.2, 0.25) is 0 Å². The van der Waals surface area contributed by atoms with Gasteiger partial charge in [0, 0.05) is 11.9 Å². The Labute approximate surface area is 99.8 Å². The van der Waals surface area contributed by atoms with Crippen molar-refractivity contribution in [2.45, 2.75) is 25.1 Å². The second kappa shape index (κ2) is 5.21. The molecule has 0 aliphatic carbocycles. The molecule has 0 fully saturated rings. The van der Waals surface area contributed by atoms with Gasteiger partial charge in [0.25, 0.3) is 6.01 Å². The van der Waals surface area contributed by atoms with Crippen LogP contribution in [-0.2, 0) is 0 Å². The van der Waals surface area contributed by atoms with Crippen LogP contribution in [-0.4, -0.2) is 16.9 Å². The van der Waals surface area contributed by atoms with Crippen molar-refractivity contribution in [2.24, 2.45) is 0 Å². The summed E-state index contributed by atoms with van der Waals surface area (Å²) in [6.07, 6.45) is 2.01. The van der Waals surface area contributed by atoms with Crippen LogP contribution in [0, 0.1) is 0 Å². The number of nitrogens with one attached hydrogen (secondary N) is 1. The van der Waals surface area contributed by atoms with Crippen molar-refractivity contribution in [1.29, 1.82) is 0 Å². The van der Waals surface area contributed by atoms with Crippen molar-refractivity contribution >= 4 is 28.7 Å². The summed E-state index contributed by atoms with van der Waals surface area (Å²) in [6.45, 7) is 2.84. The molecule has 0 saturated carbocycles. The molecule has 2 aromatic rings. The highest BCUT2D eigenvalue weighted by Crippen LogP contribution is 2.18. The first-order valence-electron chi connectivity index (χ1n) is 5.49. The largest absolute Gasteiger partial charge is 0.424 e. The zero-order valence-corrected chi connectivity index (χ0v) is 10.00. The minimum atomic E-state index is 0.227. The van der Waals surface area contributed by atoms with E-state index in [4.69, 9.17) is 16.0 Å². The molecule has 1 aromatic heterocycles. The minimum Gasteiger partial charge on any atom is -0.424 e. The fraction of sp³-hybridized carbons (Fsp3) is 0.417. The molecular weight excluding hydrogens is 224 g/mol. The average molecular weight is 239 g/mol. The van der Waals surface area contributed by atoms with Gasteiger partial charge in [-0.25, -0.2) is 0 Å². The lowest BCUT2D eigenvalue weighted by atomic mass is 10.2. The van der Waals surface area contributed by atoms with Gasteiger partial charge in [0.05, 0.1) is 0 Å². The number of benzene rings is 1. The van der Waals surface area contributed by atoms with E-state index >= 15 is 0 Å². The van der Waals surface area contributed by atoms with Crippen LogP contribution in [0.25, 0.3) is 11.1 Å². The fourth-order valence-corrected chi connectivity index (χ4v) is 1.68. The summed E-state index contributed by atoms with van der Waals surface area (Å²) in [4.78, 5) is 4.32. The van der Waals surface area contributed by atoms with Crippen LogP contribution in [0.15, 0.2) is 28.7 Å². The van der Waals surface area contributed by atoms with Crippen molar-refractivity contribution in [3.05, 3.63) is 24.3 Å². The van der Waals surface area contributed by atoms with E-state index in [1.165, 1.54) is 0 Å². The summed E-state index contributed by atoms with van der Waals surface area (Å²) in [5.74, 6) is 0. The van der Waals surface area contributed by atoms with Gasteiger partial charge in [-0.3, -0.25) is 0 Å². The van der Waals surface area contributed by atoms with E-state index in [-0.39, 0.29) is 5.38 Å². The van der Waals surface area contributed by atoms with Crippen molar-refractivity contribution in [1.82, 2.24) is 4.98 Å². The third kappa shape index (κ3) is 2.89. The van der Waals surface area contributed by atoms with E-state index in [9.17, 15) is 0 Å². The van der Waals surface area contributed by atoms with Crippen molar-refractivity contribution < 1.29 is 4.42 Å². The van der Waals surface area contributed by atoms with E-state index in [0.29, 0.717) is 6.01 Å². The van der Waals surface area contributed by atoms with E-state index in [2.05, 4.69) is 10.3 Å². The average Bonchev–Trinajstić information content (AvgIpc) is 2.66. The van der Waals surface area contributed by atoms with Crippen LogP contribution in [0.3, 0.4) is 0 Å². The summed E-state index contributed by atoms with van der Waals surface area (Å²) in [5, 5.41) is 3.38. The lowest BCUT2D eigenvalue weighted by molar-refractivity contribution is 0.609. The number of fused-ring (bicyclic) bond motifs is 1. The molecule has 1 N–H and O–H groups in total. The maximum atomic E-state index is 5.86. The molecule has 4 heteroatoms. The minimum absolute atomic E-state index is 0.227. The van der Waals surface area contributed by atoms with E-state index in [1.54, 1.807) is 0 Å². The van der Waals surface area contributed by atoms with E-state index in [0.717, 1.165) is 30.5 Å². The molecule has 2 rings (SSSR count). The molecule has 1 aromatic carbocycles. The number of aromatic nitrogens is 1. The molecule has 1 atom stereocenters. The van der Waals surface area contributed by atoms with Crippen molar-refractivity contribution in [3.63, 3.8) is 0 Å². The van der Waals surface area contributed by atoms with Gasteiger partial charge < -0.3 is 9.73 Å². The van der Waals surface area contributed by atoms with Gasteiger partial charge in [0.15, 0.2) is 5.58 Å². The monoisotopic (exact) mass is 238 g/mol. The van der Waals surface area contributed by atoms with Gasteiger partial charge in [-0.05, 0) is 31.9 Å².